The van der Waals surface area contributed by atoms with E-state index in [1.807, 2.05) is 13.8 Å². The minimum absolute atomic E-state index is 0.0880. The lowest BCUT2D eigenvalue weighted by Crippen LogP contribution is -2.37. The zero-order chi connectivity index (χ0) is 13.6. The molecule has 0 aliphatic carbocycles. The summed E-state index contributed by atoms with van der Waals surface area (Å²) in [6.07, 6.45) is -3.76. The number of fused-ring (bicyclic) bond motifs is 1. The molecule has 0 fully saturated rings. The maximum atomic E-state index is 12.8. The number of aryl methyl sites for hydroxylation is 1. The van der Waals surface area contributed by atoms with Crippen LogP contribution in [0.25, 0.3) is 0 Å². The molecule has 0 spiro atoms. The molecule has 1 atom stereocenters. The Hall–Kier alpha value is -1.11. The quantitative estimate of drug-likeness (QED) is 0.881. The van der Waals surface area contributed by atoms with Crippen LogP contribution in [0, 0.1) is 5.92 Å². The van der Waals surface area contributed by atoms with E-state index in [0.717, 1.165) is 0 Å². The largest absolute Gasteiger partial charge is 0.393 e. The van der Waals surface area contributed by atoms with Crippen LogP contribution < -0.4 is 5.73 Å². The van der Waals surface area contributed by atoms with E-state index in [4.69, 9.17) is 5.73 Å². The number of nitrogens with two attached hydrogens (primary N) is 1. The Balaban J connectivity index is 2.33. The van der Waals surface area contributed by atoms with Gasteiger partial charge < -0.3 is 10.3 Å². The molecule has 2 N–H and O–H groups in total. The molecule has 18 heavy (non-hydrogen) atoms. The average Bonchev–Trinajstić information content (AvgIpc) is 2.71. The third-order valence-corrected chi connectivity index (χ3v) is 3.53. The first-order chi connectivity index (χ1) is 8.25. The molecule has 1 aliphatic rings. The summed E-state index contributed by atoms with van der Waals surface area (Å²) in [5.41, 5.74) is 5.19. The van der Waals surface area contributed by atoms with Crippen molar-refractivity contribution in [3.8, 4) is 0 Å². The van der Waals surface area contributed by atoms with Crippen LogP contribution >= 0.6 is 0 Å². The highest BCUT2D eigenvalue weighted by Gasteiger charge is 2.43. The zero-order valence-corrected chi connectivity index (χ0v) is 10.5. The SMILES string of the molecule is CC(C)(CN)c1nnc2n1CC(C(F)(F)F)CC2. The summed E-state index contributed by atoms with van der Waals surface area (Å²) in [5.74, 6) is -0.130. The van der Waals surface area contributed by atoms with E-state index in [1.54, 1.807) is 4.57 Å². The van der Waals surface area contributed by atoms with Crippen molar-refractivity contribution in [3.05, 3.63) is 11.6 Å². The summed E-state index contributed by atoms with van der Waals surface area (Å²) >= 11 is 0. The van der Waals surface area contributed by atoms with Crippen molar-refractivity contribution in [1.29, 1.82) is 0 Å². The molecule has 1 unspecified atom stereocenters. The van der Waals surface area contributed by atoms with Crippen molar-refractivity contribution >= 4 is 0 Å². The van der Waals surface area contributed by atoms with Gasteiger partial charge in [0, 0.05) is 24.9 Å². The lowest BCUT2D eigenvalue weighted by molar-refractivity contribution is -0.182. The van der Waals surface area contributed by atoms with Gasteiger partial charge in [-0.05, 0) is 6.42 Å². The van der Waals surface area contributed by atoms with Crippen LogP contribution in [0.15, 0.2) is 0 Å². The highest BCUT2D eigenvalue weighted by atomic mass is 19.4. The van der Waals surface area contributed by atoms with E-state index < -0.39 is 17.5 Å². The molecule has 0 amide bonds. The molecule has 0 saturated heterocycles. The van der Waals surface area contributed by atoms with Crippen LogP contribution in [0.3, 0.4) is 0 Å². The van der Waals surface area contributed by atoms with Gasteiger partial charge in [-0.1, -0.05) is 13.8 Å². The standard InChI is InChI=1S/C11H17F3N4/c1-10(2,6-15)9-17-16-8-4-3-7(5-18(8)9)11(12,13)14/h7H,3-6,15H2,1-2H3. The number of rotatable bonds is 2. The molecule has 0 saturated carbocycles. The molecule has 0 radical (unpaired) electrons. The van der Waals surface area contributed by atoms with Gasteiger partial charge in [-0.3, -0.25) is 0 Å². The van der Waals surface area contributed by atoms with E-state index in [9.17, 15) is 13.2 Å². The zero-order valence-electron chi connectivity index (χ0n) is 10.5. The van der Waals surface area contributed by atoms with Gasteiger partial charge >= 0.3 is 6.18 Å². The van der Waals surface area contributed by atoms with Crippen molar-refractivity contribution in [2.75, 3.05) is 6.54 Å². The monoisotopic (exact) mass is 262 g/mol. The molecule has 2 rings (SSSR count). The average molecular weight is 262 g/mol. The molecule has 4 nitrogen and oxygen atoms in total. The van der Waals surface area contributed by atoms with Crippen LogP contribution in [0.5, 0.6) is 0 Å². The summed E-state index contributed by atoms with van der Waals surface area (Å²) in [4.78, 5) is 0. The number of alkyl halides is 3. The predicted octanol–water partition coefficient (Wildman–Crippen LogP) is 1.64. The van der Waals surface area contributed by atoms with Gasteiger partial charge in [0.05, 0.1) is 5.92 Å². The first-order valence-electron chi connectivity index (χ1n) is 5.95. The van der Waals surface area contributed by atoms with Gasteiger partial charge in [0.25, 0.3) is 0 Å². The number of halogens is 3. The Morgan fingerprint density at radius 2 is 2.00 bits per heavy atom. The molecule has 2 heterocycles. The Morgan fingerprint density at radius 1 is 1.33 bits per heavy atom. The van der Waals surface area contributed by atoms with Crippen molar-refractivity contribution < 1.29 is 13.2 Å². The number of hydrogen-bond donors (Lipinski definition) is 1. The fourth-order valence-corrected chi connectivity index (χ4v) is 2.19. The molecule has 0 aromatic carbocycles. The van der Waals surface area contributed by atoms with Gasteiger partial charge in [0.1, 0.15) is 11.6 Å². The van der Waals surface area contributed by atoms with E-state index in [-0.39, 0.29) is 13.0 Å². The summed E-state index contributed by atoms with van der Waals surface area (Å²) in [5, 5.41) is 8.00. The third-order valence-electron chi connectivity index (χ3n) is 3.53. The van der Waals surface area contributed by atoms with Crippen molar-refractivity contribution in [2.24, 2.45) is 11.7 Å². The fourth-order valence-electron chi connectivity index (χ4n) is 2.19. The van der Waals surface area contributed by atoms with Crippen LogP contribution in [0.1, 0.15) is 31.9 Å². The summed E-state index contributed by atoms with van der Waals surface area (Å²) in [6.45, 7) is 3.95. The topological polar surface area (TPSA) is 56.7 Å². The minimum atomic E-state index is -4.16. The van der Waals surface area contributed by atoms with Crippen LogP contribution in [-0.2, 0) is 18.4 Å². The minimum Gasteiger partial charge on any atom is -0.329 e. The second-order valence-corrected chi connectivity index (χ2v) is 5.42. The van der Waals surface area contributed by atoms with Gasteiger partial charge in [0.2, 0.25) is 0 Å². The Labute approximate surface area is 103 Å². The lowest BCUT2D eigenvalue weighted by atomic mass is 9.91. The van der Waals surface area contributed by atoms with Crippen molar-refractivity contribution in [2.45, 2.75) is 44.8 Å². The Morgan fingerprint density at radius 3 is 2.56 bits per heavy atom. The maximum absolute atomic E-state index is 12.8. The van der Waals surface area contributed by atoms with Crippen molar-refractivity contribution in [3.63, 3.8) is 0 Å². The molecule has 0 bridgehead atoms. The van der Waals surface area contributed by atoms with Gasteiger partial charge in [-0.2, -0.15) is 13.2 Å². The molecule has 1 aliphatic heterocycles. The second kappa shape index (κ2) is 4.22. The number of hydrogen-bond acceptors (Lipinski definition) is 3. The highest BCUT2D eigenvalue weighted by Crippen LogP contribution is 2.35. The first-order valence-corrected chi connectivity index (χ1v) is 5.95. The predicted molar refractivity (Wildman–Crippen MR) is 60.0 cm³/mol. The lowest BCUT2D eigenvalue weighted by Gasteiger charge is -2.29. The molecule has 102 valence electrons. The third kappa shape index (κ3) is 2.23. The molecule has 1 aromatic heterocycles. The van der Waals surface area contributed by atoms with E-state index >= 15 is 0 Å². The normalized spacial score (nSPS) is 20.9. The summed E-state index contributed by atoms with van der Waals surface area (Å²) in [7, 11) is 0. The Bertz CT molecular complexity index is 436. The second-order valence-electron chi connectivity index (χ2n) is 5.42. The maximum Gasteiger partial charge on any atom is 0.393 e. The van der Waals surface area contributed by atoms with Crippen molar-refractivity contribution in [1.82, 2.24) is 14.8 Å². The summed E-state index contributed by atoms with van der Waals surface area (Å²) < 4.78 is 39.9. The van der Waals surface area contributed by atoms with E-state index in [0.29, 0.717) is 24.6 Å². The van der Waals surface area contributed by atoms with E-state index in [2.05, 4.69) is 10.2 Å². The molecule has 1 aromatic rings. The Kier molecular flexibility index (Phi) is 3.12. The highest BCUT2D eigenvalue weighted by molar-refractivity contribution is 5.10. The van der Waals surface area contributed by atoms with Gasteiger partial charge in [-0.25, -0.2) is 0 Å². The van der Waals surface area contributed by atoms with Crippen LogP contribution in [-0.4, -0.2) is 27.5 Å². The smallest absolute Gasteiger partial charge is 0.329 e. The van der Waals surface area contributed by atoms with E-state index in [1.165, 1.54) is 0 Å². The summed E-state index contributed by atoms with van der Waals surface area (Å²) in [6, 6.07) is 0. The fraction of sp³-hybridized carbons (Fsp3) is 0.818. The van der Waals surface area contributed by atoms with Crippen LogP contribution in [0.4, 0.5) is 13.2 Å². The number of aromatic nitrogens is 3. The van der Waals surface area contributed by atoms with Gasteiger partial charge in [0.15, 0.2) is 0 Å². The molecular weight excluding hydrogens is 245 g/mol. The molecular formula is C11H17F3N4. The number of nitrogens with zero attached hydrogens (tertiary/aromatic N) is 3. The van der Waals surface area contributed by atoms with Crippen LogP contribution in [0.2, 0.25) is 0 Å². The van der Waals surface area contributed by atoms with Gasteiger partial charge in [-0.15, -0.1) is 10.2 Å². The first kappa shape index (κ1) is 13.3. The molecule has 7 heteroatoms.